The van der Waals surface area contributed by atoms with Crippen molar-refractivity contribution in [3.05, 3.63) is 36.5 Å². The van der Waals surface area contributed by atoms with Crippen LogP contribution >= 0.6 is 0 Å². The first-order chi connectivity index (χ1) is 12.1. The van der Waals surface area contributed by atoms with Gasteiger partial charge in [-0.1, -0.05) is 12.1 Å². The predicted octanol–water partition coefficient (Wildman–Crippen LogP) is 2.18. The Balaban J connectivity index is 2.42. The summed E-state index contributed by atoms with van der Waals surface area (Å²) < 4.78 is 65.3. The molecule has 0 aliphatic carbocycles. The number of H-pyrrole nitrogens is 1. The summed E-state index contributed by atoms with van der Waals surface area (Å²) in [5, 5.41) is 23.0. The van der Waals surface area contributed by atoms with Crippen molar-refractivity contribution in [3.8, 4) is 5.75 Å². The molecule has 2 aromatic carbocycles. The molecule has 1 heterocycles. The minimum Gasteiger partial charge on any atom is -0.505 e. The van der Waals surface area contributed by atoms with E-state index in [9.17, 15) is 31.0 Å². The minimum atomic E-state index is -4.82. The molecule has 4 N–H and O–H groups in total. The second kappa shape index (κ2) is 6.14. The van der Waals surface area contributed by atoms with E-state index in [0.717, 1.165) is 24.3 Å². The number of phenolic OH excluding ortho intramolecular Hbond substituents is 1. The molecule has 0 saturated heterocycles. The lowest BCUT2D eigenvalue weighted by atomic mass is 10.1. The van der Waals surface area contributed by atoms with E-state index in [1.165, 1.54) is 12.3 Å². The van der Waals surface area contributed by atoms with E-state index in [-0.39, 0.29) is 11.2 Å². The van der Waals surface area contributed by atoms with Crippen molar-refractivity contribution < 1.29 is 31.0 Å². The zero-order valence-electron chi connectivity index (χ0n) is 12.6. The van der Waals surface area contributed by atoms with Crippen molar-refractivity contribution in [3.63, 3.8) is 0 Å². The highest BCUT2D eigenvalue weighted by atomic mass is 32.2. The van der Waals surface area contributed by atoms with E-state index in [0.29, 0.717) is 0 Å². The molecule has 0 atom stereocenters. The van der Waals surface area contributed by atoms with Crippen molar-refractivity contribution in [2.24, 2.45) is 10.2 Å². The van der Waals surface area contributed by atoms with Gasteiger partial charge in [0.25, 0.3) is 20.2 Å². The van der Waals surface area contributed by atoms with Crippen LogP contribution in [0.1, 0.15) is 0 Å². The van der Waals surface area contributed by atoms with Gasteiger partial charge in [0.15, 0.2) is 11.6 Å². The molecule has 3 aromatic rings. The molecular formula is C13H10N4O7S2. The van der Waals surface area contributed by atoms with Crippen molar-refractivity contribution >= 4 is 42.5 Å². The number of hydrogen-bond donors (Lipinski definition) is 4. The van der Waals surface area contributed by atoms with E-state index >= 15 is 0 Å². The van der Waals surface area contributed by atoms with Crippen LogP contribution in [-0.4, -0.2) is 41.2 Å². The van der Waals surface area contributed by atoms with E-state index in [1.54, 1.807) is 0 Å². The van der Waals surface area contributed by atoms with Crippen LogP contribution in [0.15, 0.2) is 56.5 Å². The van der Waals surface area contributed by atoms with Crippen LogP contribution in [0.3, 0.4) is 0 Å². The summed E-state index contributed by atoms with van der Waals surface area (Å²) >= 11 is 0. The quantitative estimate of drug-likeness (QED) is 0.381. The summed E-state index contributed by atoms with van der Waals surface area (Å²) in [4.78, 5) is -1.47. The number of nitrogens with one attached hydrogen (secondary N) is 1. The lowest BCUT2D eigenvalue weighted by molar-refractivity contribution is 0.472. The number of nitrogens with zero attached hydrogens (tertiary/aromatic N) is 3. The van der Waals surface area contributed by atoms with Gasteiger partial charge in [0.1, 0.15) is 15.5 Å². The fourth-order valence-corrected chi connectivity index (χ4v) is 3.72. The van der Waals surface area contributed by atoms with Gasteiger partial charge < -0.3 is 5.11 Å². The molecule has 0 aliphatic heterocycles. The number of rotatable bonds is 4. The van der Waals surface area contributed by atoms with Gasteiger partial charge in [0, 0.05) is 23.0 Å². The Morgan fingerprint density at radius 1 is 0.962 bits per heavy atom. The van der Waals surface area contributed by atoms with Gasteiger partial charge in [-0.15, -0.1) is 10.2 Å². The van der Waals surface area contributed by atoms with E-state index in [2.05, 4.69) is 20.4 Å². The first-order valence-electron chi connectivity index (χ1n) is 6.74. The predicted molar refractivity (Wildman–Crippen MR) is 88.0 cm³/mol. The summed E-state index contributed by atoms with van der Waals surface area (Å²) in [5.41, 5.74) is -0.454. The molecule has 11 nitrogen and oxygen atoms in total. The summed E-state index contributed by atoms with van der Waals surface area (Å²) in [6.45, 7) is 0. The van der Waals surface area contributed by atoms with Crippen LogP contribution < -0.4 is 0 Å². The molecular weight excluding hydrogens is 388 g/mol. The molecule has 3 rings (SSSR count). The summed E-state index contributed by atoms with van der Waals surface area (Å²) in [7, 11) is -9.63. The second-order valence-electron chi connectivity index (χ2n) is 5.00. The summed E-state index contributed by atoms with van der Waals surface area (Å²) in [6.07, 6.45) is 1.44. The molecule has 0 aliphatic rings. The van der Waals surface area contributed by atoms with Crippen LogP contribution in [0.25, 0.3) is 10.8 Å². The van der Waals surface area contributed by atoms with Gasteiger partial charge in [-0.05, 0) is 12.1 Å². The Hall–Kier alpha value is -2.87. The number of azo groups is 1. The number of benzene rings is 2. The summed E-state index contributed by atoms with van der Waals surface area (Å²) in [5.74, 6) is -0.652. The van der Waals surface area contributed by atoms with Gasteiger partial charge in [-0.2, -0.15) is 21.9 Å². The Labute approximate surface area is 146 Å². The van der Waals surface area contributed by atoms with E-state index in [1.807, 2.05) is 0 Å². The third-order valence-electron chi connectivity index (χ3n) is 3.34. The second-order valence-corrected chi connectivity index (χ2v) is 7.78. The highest BCUT2D eigenvalue weighted by molar-refractivity contribution is 7.86. The molecule has 26 heavy (non-hydrogen) atoms. The molecule has 0 spiro atoms. The molecule has 13 heteroatoms. The number of hydrogen-bond acceptors (Lipinski definition) is 8. The maximum Gasteiger partial charge on any atom is 0.295 e. The van der Waals surface area contributed by atoms with Gasteiger partial charge in [0.2, 0.25) is 0 Å². The maximum atomic E-state index is 11.7. The third kappa shape index (κ3) is 3.28. The monoisotopic (exact) mass is 398 g/mol. The number of fused-ring (bicyclic) bond motifs is 1. The lowest BCUT2D eigenvalue weighted by Gasteiger charge is -2.11. The average molecular weight is 398 g/mol. The number of aromatic amines is 1. The Morgan fingerprint density at radius 3 is 2.23 bits per heavy atom. The first-order valence-corrected chi connectivity index (χ1v) is 9.62. The van der Waals surface area contributed by atoms with E-state index in [4.69, 9.17) is 0 Å². The van der Waals surface area contributed by atoms with Crippen LogP contribution in [0.5, 0.6) is 5.75 Å². The zero-order valence-corrected chi connectivity index (χ0v) is 14.2. The Bertz CT molecular complexity index is 1230. The third-order valence-corrected chi connectivity index (χ3v) is 5.13. The fraction of sp³-hybridized carbons (Fsp3) is 0. The van der Waals surface area contributed by atoms with Crippen molar-refractivity contribution in [2.75, 3.05) is 0 Å². The van der Waals surface area contributed by atoms with Crippen LogP contribution in [0.4, 0.5) is 11.5 Å². The topological polar surface area (TPSA) is 182 Å². The molecule has 0 bridgehead atoms. The Morgan fingerprint density at radius 2 is 1.65 bits per heavy atom. The van der Waals surface area contributed by atoms with Gasteiger partial charge in [-0.25, -0.2) is 0 Å². The highest BCUT2D eigenvalue weighted by Gasteiger charge is 2.25. The number of aromatic hydroxyl groups is 1. The molecule has 136 valence electrons. The largest absolute Gasteiger partial charge is 0.505 e. The fourth-order valence-electron chi connectivity index (χ4n) is 2.30. The lowest BCUT2D eigenvalue weighted by Crippen LogP contribution is -2.03. The van der Waals surface area contributed by atoms with Crippen molar-refractivity contribution in [2.45, 2.75) is 9.79 Å². The first kappa shape index (κ1) is 17.9. The van der Waals surface area contributed by atoms with Gasteiger partial charge in [0.05, 0.1) is 0 Å². The molecule has 0 unspecified atom stereocenters. The molecule has 0 radical (unpaired) electrons. The number of phenols is 1. The van der Waals surface area contributed by atoms with Crippen molar-refractivity contribution in [1.29, 1.82) is 0 Å². The molecule has 1 aromatic heterocycles. The maximum absolute atomic E-state index is 11.7. The van der Waals surface area contributed by atoms with Crippen LogP contribution in [0, 0.1) is 0 Å². The molecule has 0 amide bonds. The normalized spacial score (nSPS) is 12.8. The number of aromatic nitrogens is 2. The van der Waals surface area contributed by atoms with E-state index < -0.39 is 46.9 Å². The average Bonchev–Trinajstić information content (AvgIpc) is 3.05. The Kier molecular flexibility index (Phi) is 4.23. The SMILES string of the molecule is O=S(=O)(O)c1cc(/N=N/c2cc[nH]n2)c(O)c2c(S(=O)(=O)O)cccc12. The van der Waals surface area contributed by atoms with Crippen LogP contribution in [-0.2, 0) is 20.2 Å². The van der Waals surface area contributed by atoms with Crippen LogP contribution in [0.2, 0.25) is 0 Å². The van der Waals surface area contributed by atoms with Gasteiger partial charge >= 0.3 is 0 Å². The zero-order chi connectivity index (χ0) is 19.1. The highest BCUT2D eigenvalue weighted by Crippen LogP contribution is 2.42. The molecule has 0 fully saturated rings. The minimum absolute atomic E-state index is 0.0981. The molecule has 0 saturated carbocycles. The van der Waals surface area contributed by atoms with Gasteiger partial charge in [-0.3, -0.25) is 14.2 Å². The standard InChI is InChI=1S/C13H10N4O7S2/c18-13-8(15-17-11-4-5-14-16-11)6-10(26(22,23)24)7-2-1-3-9(12(7)13)25(19,20)21/h1-6,18H,(H,14,16)(H,19,20,21)(H,22,23,24)/b17-15+. The smallest absolute Gasteiger partial charge is 0.295 e. The van der Waals surface area contributed by atoms with Crippen molar-refractivity contribution in [1.82, 2.24) is 10.2 Å². The summed E-state index contributed by atoms with van der Waals surface area (Å²) in [6, 6.07) is 5.50.